The Morgan fingerprint density at radius 1 is 1.30 bits per heavy atom. The Morgan fingerprint density at radius 2 is 1.95 bits per heavy atom. The topological polar surface area (TPSA) is 97.8 Å². The van der Waals surface area contributed by atoms with Gasteiger partial charge >= 0.3 is 5.97 Å². The van der Waals surface area contributed by atoms with E-state index in [-0.39, 0.29) is 36.9 Å². The van der Waals surface area contributed by atoms with Crippen molar-refractivity contribution in [3.63, 3.8) is 0 Å². The third-order valence-corrected chi connectivity index (χ3v) is 8.30. The molecule has 9 heteroatoms. The zero-order valence-corrected chi connectivity index (χ0v) is 13.1. The first-order chi connectivity index (χ1) is 9.17. The quantitative estimate of drug-likeness (QED) is 0.633. The summed E-state index contributed by atoms with van der Waals surface area (Å²) in [6, 6.07) is 0. The highest BCUT2D eigenvalue weighted by molar-refractivity contribution is 7.95. The van der Waals surface area contributed by atoms with Gasteiger partial charge in [0, 0.05) is 13.1 Å². The zero-order chi connectivity index (χ0) is 15.1. The van der Waals surface area contributed by atoms with E-state index in [0.29, 0.717) is 0 Å². The SMILES string of the molecule is COC(=O)C1CN(S(=O)(=O)C2CCS(=O)(=O)C2)CC1C. The lowest BCUT2D eigenvalue weighted by Gasteiger charge is -2.20. The molecule has 2 saturated heterocycles. The van der Waals surface area contributed by atoms with E-state index in [9.17, 15) is 21.6 Å². The molecule has 3 atom stereocenters. The summed E-state index contributed by atoms with van der Waals surface area (Å²) in [4.78, 5) is 11.6. The van der Waals surface area contributed by atoms with Gasteiger partial charge in [-0.15, -0.1) is 0 Å². The molecule has 2 aliphatic heterocycles. The van der Waals surface area contributed by atoms with Crippen LogP contribution in [0.15, 0.2) is 0 Å². The van der Waals surface area contributed by atoms with Crippen molar-refractivity contribution in [1.29, 1.82) is 0 Å². The minimum absolute atomic E-state index is 0.0761. The van der Waals surface area contributed by atoms with Gasteiger partial charge < -0.3 is 4.74 Å². The highest BCUT2D eigenvalue weighted by Crippen LogP contribution is 2.30. The molecule has 116 valence electrons. The second kappa shape index (κ2) is 5.27. The summed E-state index contributed by atoms with van der Waals surface area (Å²) in [5.41, 5.74) is 0. The van der Waals surface area contributed by atoms with E-state index in [0.717, 1.165) is 0 Å². The van der Waals surface area contributed by atoms with Crippen molar-refractivity contribution in [2.24, 2.45) is 11.8 Å². The average molecular weight is 325 g/mol. The molecule has 0 saturated carbocycles. The number of carbonyl (C=O) groups is 1. The molecule has 0 aromatic rings. The largest absolute Gasteiger partial charge is 0.469 e. The number of carbonyl (C=O) groups excluding carboxylic acids is 1. The Labute approximate surface area is 119 Å². The first kappa shape index (κ1) is 15.7. The molecule has 0 aliphatic carbocycles. The fourth-order valence-electron chi connectivity index (χ4n) is 2.79. The number of nitrogens with zero attached hydrogens (tertiary/aromatic N) is 1. The number of rotatable bonds is 3. The number of ether oxygens (including phenoxy) is 1. The molecule has 0 bridgehead atoms. The van der Waals surface area contributed by atoms with Gasteiger partial charge in [0.1, 0.15) is 0 Å². The van der Waals surface area contributed by atoms with E-state index >= 15 is 0 Å². The maximum Gasteiger partial charge on any atom is 0.310 e. The van der Waals surface area contributed by atoms with Crippen LogP contribution < -0.4 is 0 Å². The van der Waals surface area contributed by atoms with Crippen LogP contribution in [0.4, 0.5) is 0 Å². The van der Waals surface area contributed by atoms with Crippen molar-refractivity contribution >= 4 is 25.8 Å². The second-order valence-electron chi connectivity index (χ2n) is 5.49. The van der Waals surface area contributed by atoms with Crippen LogP contribution in [0.3, 0.4) is 0 Å². The molecule has 2 rings (SSSR count). The van der Waals surface area contributed by atoms with Crippen molar-refractivity contribution in [1.82, 2.24) is 4.31 Å². The van der Waals surface area contributed by atoms with E-state index in [1.165, 1.54) is 11.4 Å². The van der Waals surface area contributed by atoms with Gasteiger partial charge in [-0.3, -0.25) is 4.79 Å². The van der Waals surface area contributed by atoms with E-state index in [1.807, 2.05) is 0 Å². The van der Waals surface area contributed by atoms with Gasteiger partial charge in [-0.05, 0) is 12.3 Å². The van der Waals surface area contributed by atoms with E-state index < -0.39 is 37.0 Å². The van der Waals surface area contributed by atoms with Gasteiger partial charge in [0.15, 0.2) is 9.84 Å². The lowest BCUT2D eigenvalue weighted by Crippen LogP contribution is -2.38. The first-order valence-corrected chi connectivity index (χ1v) is 9.77. The highest BCUT2D eigenvalue weighted by atomic mass is 32.2. The summed E-state index contributed by atoms with van der Waals surface area (Å²) in [7, 11) is -5.65. The smallest absolute Gasteiger partial charge is 0.310 e. The van der Waals surface area contributed by atoms with E-state index in [1.54, 1.807) is 6.92 Å². The average Bonchev–Trinajstić information content (AvgIpc) is 2.92. The van der Waals surface area contributed by atoms with Gasteiger partial charge in [0.2, 0.25) is 10.0 Å². The Morgan fingerprint density at radius 3 is 2.45 bits per heavy atom. The zero-order valence-electron chi connectivity index (χ0n) is 11.5. The van der Waals surface area contributed by atoms with Crippen molar-refractivity contribution in [3.8, 4) is 0 Å². The van der Waals surface area contributed by atoms with Crippen LogP contribution >= 0.6 is 0 Å². The Hall–Kier alpha value is -0.670. The third kappa shape index (κ3) is 2.84. The van der Waals surface area contributed by atoms with Crippen molar-refractivity contribution < 1.29 is 26.4 Å². The Bertz CT molecular complexity index is 596. The second-order valence-corrected chi connectivity index (χ2v) is 9.94. The van der Waals surface area contributed by atoms with Gasteiger partial charge in [-0.25, -0.2) is 21.1 Å². The molecular formula is C11H19NO6S2. The van der Waals surface area contributed by atoms with Crippen LogP contribution in [0.2, 0.25) is 0 Å². The lowest BCUT2D eigenvalue weighted by atomic mass is 9.99. The van der Waals surface area contributed by atoms with Crippen LogP contribution in [0, 0.1) is 11.8 Å². The molecule has 2 heterocycles. The summed E-state index contributed by atoms with van der Waals surface area (Å²) in [5, 5.41) is -0.879. The minimum Gasteiger partial charge on any atom is -0.469 e. The van der Waals surface area contributed by atoms with Gasteiger partial charge in [-0.2, -0.15) is 0 Å². The molecule has 0 aromatic carbocycles. The molecular weight excluding hydrogens is 306 g/mol. The maximum absolute atomic E-state index is 12.4. The number of esters is 1. The summed E-state index contributed by atoms with van der Waals surface area (Å²) < 4.78 is 53.6. The molecule has 0 N–H and O–H groups in total. The van der Waals surface area contributed by atoms with Gasteiger partial charge in [0.25, 0.3) is 0 Å². The fraction of sp³-hybridized carbons (Fsp3) is 0.909. The summed E-state index contributed by atoms with van der Waals surface area (Å²) >= 11 is 0. The first-order valence-electron chi connectivity index (χ1n) is 6.44. The minimum atomic E-state index is -3.67. The Balaban J connectivity index is 2.14. The van der Waals surface area contributed by atoms with Crippen molar-refractivity contribution in [3.05, 3.63) is 0 Å². The van der Waals surface area contributed by atoms with Gasteiger partial charge in [-0.1, -0.05) is 6.92 Å². The normalized spacial score (nSPS) is 34.2. The Kier molecular flexibility index (Phi) is 4.14. The predicted octanol–water partition coefficient (Wildman–Crippen LogP) is -0.756. The van der Waals surface area contributed by atoms with Crippen molar-refractivity contribution in [2.75, 3.05) is 31.7 Å². The molecule has 7 nitrogen and oxygen atoms in total. The molecule has 0 aromatic heterocycles. The summed E-state index contributed by atoms with van der Waals surface area (Å²) in [6.07, 6.45) is 0.137. The fourth-order valence-corrected chi connectivity index (χ4v) is 7.45. The molecule has 0 radical (unpaired) electrons. The predicted molar refractivity (Wildman–Crippen MR) is 72.2 cm³/mol. The van der Waals surface area contributed by atoms with Crippen LogP contribution in [0.25, 0.3) is 0 Å². The van der Waals surface area contributed by atoms with E-state index in [2.05, 4.69) is 4.74 Å². The number of hydrogen-bond donors (Lipinski definition) is 0. The van der Waals surface area contributed by atoms with E-state index in [4.69, 9.17) is 0 Å². The molecule has 0 spiro atoms. The van der Waals surface area contributed by atoms with Gasteiger partial charge in [0.05, 0.1) is 29.8 Å². The van der Waals surface area contributed by atoms with Crippen LogP contribution in [0.1, 0.15) is 13.3 Å². The third-order valence-electron chi connectivity index (χ3n) is 4.05. The standard InChI is InChI=1S/C11H19NO6S2/c1-8-5-12(6-10(8)11(13)18-2)20(16,17)9-3-4-19(14,15)7-9/h8-10H,3-7H2,1-2H3. The maximum atomic E-state index is 12.4. The summed E-state index contributed by atoms with van der Waals surface area (Å²) in [5.74, 6) is -1.43. The summed E-state index contributed by atoms with van der Waals surface area (Å²) in [6.45, 7) is 2.11. The molecule has 0 amide bonds. The molecule has 2 fully saturated rings. The number of hydrogen-bond acceptors (Lipinski definition) is 6. The number of methoxy groups -OCH3 is 1. The monoisotopic (exact) mass is 325 g/mol. The van der Waals surface area contributed by atoms with Crippen LogP contribution in [-0.2, 0) is 29.4 Å². The molecule has 20 heavy (non-hydrogen) atoms. The molecule has 2 aliphatic rings. The van der Waals surface area contributed by atoms with Crippen molar-refractivity contribution in [2.45, 2.75) is 18.6 Å². The highest BCUT2D eigenvalue weighted by Gasteiger charge is 2.46. The van der Waals surface area contributed by atoms with Crippen LogP contribution in [0.5, 0.6) is 0 Å². The number of sulfone groups is 1. The number of sulfonamides is 1. The van der Waals surface area contributed by atoms with Crippen LogP contribution in [-0.4, -0.2) is 64.1 Å². The lowest BCUT2D eigenvalue weighted by molar-refractivity contribution is -0.145. The molecule has 3 unspecified atom stereocenters.